The molecule has 1 aliphatic rings. The van der Waals surface area contributed by atoms with E-state index in [1.807, 2.05) is 18.2 Å². The maximum absolute atomic E-state index is 5.78. The zero-order valence-electron chi connectivity index (χ0n) is 10.7. The fourth-order valence-electron chi connectivity index (χ4n) is 1.76. The molecule has 1 heterocycles. The largest absolute Gasteiger partial charge is 0.493 e. The van der Waals surface area contributed by atoms with Crippen molar-refractivity contribution in [1.82, 2.24) is 0 Å². The van der Waals surface area contributed by atoms with Crippen molar-refractivity contribution in [2.24, 2.45) is 5.73 Å². The van der Waals surface area contributed by atoms with Crippen molar-refractivity contribution in [3.8, 4) is 17.2 Å². The van der Waals surface area contributed by atoms with E-state index in [2.05, 4.69) is 12.6 Å². The number of fused-ring (bicyclic) bond motifs is 1. The zero-order valence-corrected chi connectivity index (χ0v) is 12.4. The van der Waals surface area contributed by atoms with Gasteiger partial charge >= 0.3 is 0 Å². The summed E-state index contributed by atoms with van der Waals surface area (Å²) in [6.45, 7) is 0.985. The Morgan fingerprint density at radius 3 is 2.84 bits per heavy atom. The van der Waals surface area contributed by atoms with Gasteiger partial charge in [-0.05, 0) is 31.4 Å². The van der Waals surface area contributed by atoms with Crippen LogP contribution in [0.25, 0.3) is 0 Å². The van der Waals surface area contributed by atoms with Crippen molar-refractivity contribution in [3.63, 3.8) is 0 Å². The first-order valence-corrected chi connectivity index (χ1v) is 6.81. The summed E-state index contributed by atoms with van der Waals surface area (Å²) in [5.74, 6) is 3.09. The van der Waals surface area contributed by atoms with Gasteiger partial charge in [-0.1, -0.05) is 0 Å². The highest BCUT2D eigenvalue weighted by Crippen LogP contribution is 2.35. The third-order valence-electron chi connectivity index (χ3n) is 2.82. The number of halogens is 1. The molecule has 108 valence electrons. The molecule has 0 amide bonds. The quantitative estimate of drug-likeness (QED) is 0.601. The van der Waals surface area contributed by atoms with E-state index in [1.165, 1.54) is 0 Å². The van der Waals surface area contributed by atoms with Crippen LogP contribution in [0.3, 0.4) is 0 Å². The van der Waals surface area contributed by atoms with E-state index in [-0.39, 0.29) is 18.4 Å². The third-order valence-corrected chi connectivity index (χ3v) is 3.29. The SMILES string of the molecule is Cl.N[C@@H](CS)CCCCOc1ccc2c(c1)OCO2. The van der Waals surface area contributed by atoms with Crippen LogP contribution in [0, 0.1) is 0 Å². The number of rotatable bonds is 7. The highest BCUT2D eigenvalue weighted by atomic mass is 35.5. The Morgan fingerprint density at radius 1 is 1.26 bits per heavy atom. The lowest BCUT2D eigenvalue weighted by molar-refractivity contribution is 0.173. The number of thiol groups is 1. The Labute approximate surface area is 125 Å². The maximum atomic E-state index is 5.78. The summed E-state index contributed by atoms with van der Waals surface area (Å²) >= 11 is 4.15. The Kier molecular flexibility index (Phi) is 7.20. The summed E-state index contributed by atoms with van der Waals surface area (Å²) in [5, 5.41) is 0. The molecule has 1 aromatic rings. The molecule has 2 rings (SSSR count). The summed E-state index contributed by atoms with van der Waals surface area (Å²) in [5.41, 5.74) is 5.78. The van der Waals surface area contributed by atoms with Crippen molar-refractivity contribution in [2.75, 3.05) is 19.2 Å². The topological polar surface area (TPSA) is 53.7 Å². The lowest BCUT2D eigenvalue weighted by Gasteiger charge is -2.09. The van der Waals surface area contributed by atoms with Gasteiger partial charge in [-0.2, -0.15) is 12.6 Å². The van der Waals surface area contributed by atoms with Crippen LogP contribution in [-0.2, 0) is 0 Å². The van der Waals surface area contributed by atoms with E-state index < -0.39 is 0 Å². The minimum Gasteiger partial charge on any atom is -0.493 e. The molecule has 0 aromatic heterocycles. The van der Waals surface area contributed by atoms with Crippen molar-refractivity contribution in [3.05, 3.63) is 18.2 Å². The summed E-state index contributed by atoms with van der Waals surface area (Å²) in [4.78, 5) is 0. The Morgan fingerprint density at radius 2 is 2.05 bits per heavy atom. The van der Waals surface area contributed by atoms with Crippen LogP contribution in [0.2, 0.25) is 0 Å². The number of nitrogens with two attached hydrogens (primary N) is 1. The highest BCUT2D eigenvalue weighted by Gasteiger charge is 2.13. The Balaban J connectivity index is 0.00000180. The minimum atomic E-state index is 0. The standard InChI is InChI=1S/C13H19NO3S.ClH/c14-10(8-18)3-1-2-6-15-11-4-5-12-13(7-11)17-9-16-12;/h4-5,7,10,18H,1-3,6,8-9,14H2;1H/t10-;/m1./s1. The average molecular weight is 306 g/mol. The van der Waals surface area contributed by atoms with Crippen molar-refractivity contribution in [1.29, 1.82) is 0 Å². The summed E-state index contributed by atoms with van der Waals surface area (Å²) in [7, 11) is 0. The van der Waals surface area contributed by atoms with E-state index in [1.54, 1.807) is 0 Å². The molecule has 2 N–H and O–H groups in total. The molecule has 0 unspecified atom stereocenters. The van der Waals surface area contributed by atoms with E-state index >= 15 is 0 Å². The molecule has 0 saturated carbocycles. The van der Waals surface area contributed by atoms with Gasteiger partial charge in [0.05, 0.1) is 6.61 Å². The first-order valence-electron chi connectivity index (χ1n) is 6.18. The molecule has 0 saturated heterocycles. The van der Waals surface area contributed by atoms with Gasteiger partial charge in [0.25, 0.3) is 0 Å². The fraction of sp³-hybridized carbons (Fsp3) is 0.538. The molecule has 1 aliphatic heterocycles. The number of benzene rings is 1. The van der Waals surface area contributed by atoms with Crippen molar-refractivity contribution >= 4 is 25.0 Å². The molecule has 0 spiro atoms. The first kappa shape index (κ1) is 16.3. The predicted octanol–water partition coefficient (Wildman–Crippen LogP) is 2.64. The number of hydrogen-bond acceptors (Lipinski definition) is 5. The van der Waals surface area contributed by atoms with Gasteiger partial charge in [-0.25, -0.2) is 0 Å². The fourth-order valence-corrected chi connectivity index (χ4v) is 1.94. The second-order valence-electron chi connectivity index (χ2n) is 4.30. The van der Waals surface area contributed by atoms with Crippen LogP contribution >= 0.6 is 25.0 Å². The van der Waals surface area contributed by atoms with Gasteiger partial charge < -0.3 is 19.9 Å². The molecular weight excluding hydrogens is 286 g/mol. The van der Waals surface area contributed by atoms with Gasteiger partial charge in [0, 0.05) is 17.9 Å². The molecule has 6 heteroatoms. The number of hydrogen-bond donors (Lipinski definition) is 2. The smallest absolute Gasteiger partial charge is 0.231 e. The second kappa shape index (κ2) is 8.40. The van der Waals surface area contributed by atoms with E-state index in [4.69, 9.17) is 19.9 Å². The molecule has 0 aliphatic carbocycles. The van der Waals surface area contributed by atoms with Crippen molar-refractivity contribution < 1.29 is 14.2 Å². The van der Waals surface area contributed by atoms with Gasteiger partial charge in [0.2, 0.25) is 6.79 Å². The van der Waals surface area contributed by atoms with E-state index in [0.29, 0.717) is 13.4 Å². The third kappa shape index (κ3) is 5.01. The zero-order chi connectivity index (χ0) is 12.8. The van der Waals surface area contributed by atoms with Gasteiger partial charge in [0.15, 0.2) is 11.5 Å². The van der Waals surface area contributed by atoms with Gasteiger partial charge in [0.1, 0.15) is 5.75 Å². The maximum Gasteiger partial charge on any atom is 0.231 e. The van der Waals surface area contributed by atoms with Crippen LogP contribution in [0.5, 0.6) is 17.2 Å². The van der Waals surface area contributed by atoms with E-state index in [9.17, 15) is 0 Å². The van der Waals surface area contributed by atoms with Gasteiger partial charge in [-0.3, -0.25) is 0 Å². The predicted molar refractivity (Wildman–Crippen MR) is 81.0 cm³/mol. The van der Waals surface area contributed by atoms with Crippen LogP contribution in [0.1, 0.15) is 19.3 Å². The monoisotopic (exact) mass is 305 g/mol. The molecule has 4 nitrogen and oxygen atoms in total. The summed E-state index contributed by atoms with van der Waals surface area (Å²) in [6, 6.07) is 5.82. The van der Waals surface area contributed by atoms with Crippen LogP contribution in [-0.4, -0.2) is 25.2 Å². The lowest BCUT2D eigenvalue weighted by Crippen LogP contribution is -2.21. The molecule has 0 bridgehead atoms. The first-order chi connectivity index (χ1) is 8.79. The minimum absolute atomic E-state index is 0. The normalized spacial score (nSPS) is 13.8. The lowest BCUT2D eigenvalue weighted by atomic mass is 10.1. The Bertz CT molecular complexity index is 392. The molecule has 1 atom stereocenters. The summed E-state index contributed by atoms with van der Waals surface area (Å²) < 4.78 is 16.2. The molecule has 19 heavy (non-hydrogen) atoms. The van der Waals surface area contributed by atoms with Crippen molar-refractivity contribution in [2.45, 2.75) is 25.3 Å². The van der Waals surface area contributed by atoms with Crippen LogP contribution in [0.15, 0.2) is 18.2 Å². The Hall–Kier alpha value is -0.780. The van der Waals surface area contributed by atoms with Crippen LogP contribution < -0.4 is 19.9 Å². The van der Waals surface area contributed by atoms with Crippen LogP contribution in [0.4, 0.5) is 0 Å². The number of unbranched alkanes of at least 4 members (excludes halogenated alkanes) is 1. The highest BCUT2D eigenvalue weighted by molar-refractivity contribution is 7.80. The van der Waals surface area contributed by atoms with E-state index in [0.717, 1.165) is 42.3 Å². The molecule has 1 aromatic carbocycles. The number of ether oxygens (including phenoxy) is 3. The second-order valence-corrected chi connectivity index (χ2v) is 4.67. The average Bonchev–Trinajstić information content (AvgIpc) is 2.85. The molecule has 0 fully saturated rings. The summed E-state index contributed by atoms with van der Waals surface area (Å²) in [6.07, 6.45) is 3.05. The van der Waals surface area contributed by atoms with Gasteiger partial charge in [-0.15, -0.1) is 12.4 Å². The molecular formula is C13H20ClNO3S. The molecule has 0 radical (unpaired) electrons.